The zero-order chi connectivity index (χ0) is 22.7. The Morgan fingerprint density at radius 3 is 2.78 bits per heavy atom. The van der Waals surface area contributed by atoms with Gasteiger partial charge in [0.15, 0.2) is 5.16 Å². The van der Waals surface area contributed by atoms with E-state index in [9.17, 15) is 19.7 Å². The first-order chi connectivity index (χ1) is 15.5. The van der Waals surface area contributed by atoms with E-state index < -0.39 is 4.92 Å². The lowest BCUT2D eigenvalue weighted by molar-refractivity contribution is -0.384. The third-order valence-corrected chi connectivity index (χ3v) is 6.26. The van der Waals surface area contributed by atoms with Crippen LogP contribution in [0.3, 0.4) is 0 Å². The number of carbonyl (C=O) groups excluding carboxylic acids is 1. The van der Waals surface area contributed by atoms with E-state index in [-0.39, 0.29) is 28.7 Å². The summed E-state index contributed by atoms with van der Waals surface area (Å²) in [4.78, 5) is 43.2. The second-order valence-corrected chi connectivity index (χ2v) is 8.37. The van der Waals surface area contributed by atoms with Gasteiger partial charge in [0.2, 0.25) is 5.91 Å². The number of methoxy groups -OCH3 is 1. The molecule has 4 aromatic rings. The van der Waals surface area contributed by atoms with Gasteiger partial charge in [0.1, 0.15) is 10.6 Å². The maximum absolute atomic E-state index is 12.7. The number of aromatic amines is 1. The Bertz CT molecular complexity index is 1370. The number of ether oxygens (including phenoxy) is 1. The average Bonchev–Trinajstić information content (AvgIpc) is 3.23. The third-order valence-electron chi connectivity index (χ3n) is 4.52. The molecule has 162 valence electrons. The van der Waals surface area contributed by atoms with Crippen LogP contribution in [-0.4, -0.2) is 33.7 Å². The number of hydrogen-bond donors (Lipinski definition) is 2. The fourth-order valence-electron chi connectivity index (χ4n) is 3.04. The first-order valence-electron chi connectivity index (χ1n) is 9.28. The highest BCUT2D eigenvalue weighted by atomic mass is 32.2. The molecule has 0 aliphatic rings. The van der Waals surface area contributed by atoms with Gasteiger partial charge in [-0.1, -0.05) is 42.1 Å². The number of thiophene rings is 1. The van der Waals surface area contributed by atoms with E-state index in [1.807, 2.05) is 35.7 Å². The predicted molar refractivity (Wildman–Crippen MR) is 125 cm³/mol. The molecule has 0 saturated heterocycles. The molecule has 2 aromatic carbocycles. The molecule has 0 bridgehead atoms. The first kappa shape index (κ1) is 21.5. The van der Waals surface area contributed by atoms with Crippen molar-refractivity contribution in [3.63, 3.8) is 0 Å². The quantitative estimate of drug-likeness (QED) is 0.179. The lowest BCUT2D eigenvalue weighted by atomic mass is 10.1. The fraction of sp³-hybridized carbons (Fsp3) is 0.0952. The Labute approximate surface area is 189 Å². The summed E-state index contributed by atoms with van der Waals surface area (Å²) in [6, 6.07) is 13.5. The van der Waals surface area contributed by atoms with Crippen molar-refractivity contribution in [1.29, 1.82) is 0 Å². The van der Waals surface area contributed by atoms with Gasteiger partial charge in [0, 0.05) is 17.0 Å². The van der Waals surface area contributed by atoms with Crippen LogP contribution in [0.4, 0.5) is 11.4 Å². The van der Waals surface area contributed by atoms with Gasteiger partial charge in [-0.25, -0.2) is 4.98 Å². The first-order valence-corrected chi connectivity index (χ1v) is 11.1. The smallest absolute Gasteiger partial charge is 0.273 e. The number of rotatable bonds is 7. The molecule has 4 rings (SSSR count). The van der Waals surface area contributed by atoms with Crippen LogP contribution < -0.4 is 15.6 Å². The molecule has 2 heterocycles. The zero-order valence-electron chi connectivity index (χ0n) is 16.7. The van der Waals surface area contributed by atoms with Gasteiger partial charge in [0.05, 0.1) is 34.9 Å². The van der Waals surface area contributed by atoms with Gasteiger partial charge in [0.25, 0.3) is 11.2 Å². The number of H-pyrrole nitrogens is 1. The molecule has 32 heavy (non-hydrogen) atoms. The number of amides is 1. The van der Waals surface area contributed by atoms with Crippen LogP contribution in [0.2, 0.25) is 0 Å². The van der Waals surface area contributed by atoms with Gasteiger partial charge < -0.3 is 15.0 Å². The molecule has 0 atom stereocenters. The minimum Gasteiger partial charge on any atom is -0.494 e. The van der Waals surface area contributed by atoms with Crippen molar-refractivity contribution in [3.05, 3.63) is 74.4 Å². The maximum Gasteiger partial charge on any atom is 0.273 e. The summed E-state index contributed by atoms with van der Waals surface area (Å²) in [5.41, 5.74) is 1.65. The number of thioether (sulfide) groups is 1. The van der Waals surface area contributed by atoms with Crippen molar-refractivity contribution in [2.75, 3.05) is 18.2 Å². The molecule has 2 N–H and O–H groups in total. The number of nitro benzene ring substituents is 1. The average molecular weight is 469 g/mol. The number of non-ortho nitro benzene ring substituents is 1. The lowest BCUT2D eigenvalue weighted by Gasteiger charge is -2.09. The maximum atomic E-state index is 12.7. The Morgan fingerprint density at radius 1 is 1.28 bits per heavy atom. The number of aromatic nitrogens is 2. The second kappa shape index (κ2) is 9.20. The Morgan fingerprint density at radius 2 is 2.06 bits per heavy atom. The summed E-state index contributed by atoms with van der Waals surface area (Å²) < 4.78 is 5.12. The monoisotopic (exact) mass is 468 g/mol. The van der Waals surface area contributed by atoms with Crippen molar-refractivity contribution < 1.29 is 14.5 Å². The van der Waals surface area contributed by atoms with E-state index in [0.29, 0.717) is 21.1 Å². The van der Waals surface area contributed by atoms with E-state index in [1.165, 1.54) is 36.6 Å². The van der Waals surface area contributed by atoms with Crippen LogP contribution in [0.5, 0.6) is 5.75 Å². The number of carbonyl (C=O) groups is 1. The molecule has 0 unspecified atom stereocenters. The predicted octanol–water partition coefficient (Wildman–Crippen LogP) is 4.30. The minimum atomic E-state index is -0.546. The van der Waals surface area contributed by atoms with Crippen molar-refractivity contribution >= 4 is 50.6 Å². The van der Waals surface area contributed by atoms with E-state index in [2.05, 4.69) is 15.3 Å². The molecular weight excluding hydrogens is 452 g/mol. The fourth-order valence-corrected chi connectivity index (χ4v) is 4.71. The van der Waals surface area contributed by atoms with Crippen LogP contribution in [-0.2, 0) is 4.79 Å². The number of nitro groups is 1. The Balaban J connectivity index is 1.48. The summed E-state index contributed by atoms with van der Waals surface area (Å²) in [6.07, 6.45) is 0. The highest BCUT2D eigenvalue weighted by molar-refractivity contribution is 7.99. The van der Waals surface area contributed by atoms with Crippen molar-refractivity contribution in [3.8, 4) is 16.9 Å². The van der Waals surface area contributed by atoms with Crippen LogP contribution >= 0.6 is 23.1 Å². The third kappa shape index (κ3) is 4.48. The van der Waals surface area contributed by atoms with Crippen LogP contribution in [0, 0.1) is 10.1 Å². The van der Waals surface area contributed by atoms with Gasteiger partial charge in [-0.05, 0) is 11.6 Å². The molecule has 1 amide bonds. The molecule has 0 spiro atoms. The molecule has 0 radical (unpaired) electrons. The molecule has 0 aliphatic carbocycles. The summed E-state index contributed by atoms with van der Waals surface area (Å²) in [5, 5.41) is 16.3. The van der Waals surface area contributed by atoms with Crippen LogP contribution in [0.25, 0.3) is 21.3 Å². The molecule has 0 saturated carbocycles. The standard InChI is InChI=1S/C21H16N4O5S2/c1-30-16-9-13(25(28)29)7-8-15(16)22-17(26)11-32-21-23-19(27)18-14(10-31-20(18)24-21)12-5-3-2-4-6-12/h2-10H,11H2,1H3,(H,22,26)(H,23,24,27). The second-order valence-electron chi connectivity index (χ2n) is 6.55. The Kier molecular flexibility index (Phi) is 6.19. The van der Waals surface area contributed by atoms with Crippen molar-refractivity contribution in [1.82, 2.24) is 9.97 Å². The summed E-state index contributed by atoms with van der Waals surface area (Å²) in [6.45, 7) is 0. The van der Waals surface area contributed by atoms with Gasteiger partial charge >= 0.3 is 0 Å². The van der Waals surface area contributed by atoms with Gasteiger partial charge in [-0.2, -0.15) is 0 Å². The molecule has 9 nitrogen and oxygen atoms in total. The molecular formula is C21H16N4O5S2. The number of anilines is 1. The van der Waals surface area contributed by atoms with Gasteiger partial charge in [-0.15, -0.1) is 11.3 Å². The topological polar surface area (TPSA) is 127 Å². The molecule has 2 aromatic heterocycles. The van der Waals surface area contributed by atoms with E-state index in [1.54, 1.807) is 0 Å². The normalized spacial score (nSPS) is 10.8. The van der Waals surface area contributed by atoms with Crippen LogP contribution in [0.15, 0.2) is 63.9 Å². The molecule has 11 heteroatoms. The summed E-state index contributed by atoms with van der Waals surface area (Å²) in [5.74, 6) is -0.218. The summed E-state index contributed by atoms with van der Waals surface area (Å²) >= 11 is 2.45. The molecule has 0 aliphatic heterocycles. The summed E-state index contributed by atoms with van der Waals surface area (Å²) in [7, 11) is 1.36. The number of hydrogen-bond acceptors (Lipinski definition) is 8. The van der Waals surface area contributed by atoms with Crippen molar-refractivity contribution in [2.24, 2.45) is 0 Å². The minimum absolute atomic E-state index is 0.0223. The highest BCUT2D eigenvalue weighted by Crippen LogP contribution is 2.32. The lowest BCUT2D eigenvalue weighted by Crippen LogP contribution is -2.16. The molecule has 0 fully saturated rings. The number of nitrogens with one attached hydrogen (secondary N) is 2. The number of fused-ring (bicyclic) bond motifs is 1. The van der Waals surface area contributed by atoms with E-state index >= 15 is 0 Å². The van der Waals surface area contributed by atoms with Crippen molar-refractivity contribution in [2.45, 2.75) is 5.16 Å². The van der Waals surface area contributed by atoms with Gasteiger partial charge in [-0.3, -0.25) is 19.7 Å². The van der Waals surface area contributed by atoms with Crippen LogP contribution in [0.1, 0.15) is 0 Å². The van der Waals surface area contributed by atoms with E-state index in [0.717, 1.165) is 22.9 Å². The Hall–Kier alpha value is -3.70. The highest BCUT2D eigenvalue weighted by Gasteiger charge is 2.16. The largest absolute Gasteiger partial charge is 0.494 e. The SMILES string of the molecule is COc1cc([N+](=O)[O-])ccc1NC(=O)CSc1nc2scc(-c3ccccc3)c2c(=O)[nH]1. The zero-order valence-corrected chi connectivity index (χ0v) is 18.3. The number of nitrogens with zero attached hydrogens (tertiary/aromatic N) is 2. The van der Waals surface area contributed by atoms with E-state index in [4.69, 9.17) is 4.74 Å². The number of benzene rings is 2.